The summed E-state index contributed by atoms with van der Waals surface area (Å²) in [5.74, 6) is 0.175. The van der Waals surface area contributed by atoms with E-state index in [0.29, 0.717) is 18.9 Å². The predicted octanol–water partition coefficient (Wildman–Crippen LogP) is 1.01. The normalized spacial score (nSPS) is 34.4. The molecule has 1 saturated carbocycles. The number of fused-ring (bicyclic) bond motifs is 1. The molecule has 2 N–H and O–H groups in total. The smallest absolute Gasteiger partial charge is 0.228 e. The molecule has 1 heterocycles. The molecule has 0 aromatic carbocycles. The maximum Gasteiger partial charge on any atom is 0.228 e. The van der Waals surface area contributed by atoms with Gasteiger partial charge >= 0.3 is 0 Å². The molecule has 2 fully saturated rings. The van der Waals surface area contributed by atoms with E-state index in [1.54, 1.807) is 6.92 Å². The van der Waals surface area contributed by atoms with Gasteiger partial charge in [0.25, 0.3) is 0 Å². The lowest BCUT2D eigenvalue weighted by molar-refractivity contribution is -0.138. The van der Waals surface area contributed by atoms with Crippen LogP contribution in [0.25, 0.3) is 0 Å². The van der Waals surface area contributed by atoms with Crippen LogP contribution in [-0.2, 0) is 4.79 Å². The molecule has 4 heteroatoms. The Balaban J connectivity index is 2.02. The van der Waals surface area contributed by atoms with E-state index in [2.05, 4.69) is 0 Å². The Hall–Kier alpha value is -0.610. The summed E-state index contributed by atoms with van der Waals surface area (Å²) in [5, 5.41) is 19.4. The van der Waals surface area contributed by atoms with Gasteiger partial charge in [-0.15, -0.1) is 0 Å². The van der Waals surface area contributed by atoms with Crippen molar-refractivity contribution in [3.8, 4) is 0 Å². The fraction of sp³-hybridized carbons (Fsp3) is 0.929. The molecule has 1 saturated heterocycles. The zero-order chi connectivity index (χ0) is 13.3. The molecule has 4 nitrogen and oxygen atoms in total. The Morgan fingerprint density at radius 1 is 1.56 bits per heavy atom. The standard InChI is InChI=1S/C14H25NO3/c1-3-12(17)10(2)13(18)15-7-11-5-4-6-14(11,8-15)9-16/h10-12,16-17H,3-9H2,1-2H3/t10?,11-,12?,14+/m0/s1. The molecular weight excluding hydrogens is 230 g/mol. The lowest BCUT2D eigenvalue weighted by Crippen LogP contribution is -2.40. The highest BCUT2D eigenvalue weighted by molar-refractivity contribution is 5.79. The number of amides is 1. The second-order valence-corrected chi connectivity index (χ2v) is 6.09. The van der Waals surface area contributed by atoms with Crippen LogP contribution in [0.15, 0.2) is 0 Å². The van der Waals surface area contributed by atoms with E-state index in [9.17, 15) is 15.0 Å². The van der Waals surface area contributed by atoms with Crippen LogP contribution in [-0.4, -0.2) is 46.8 Å². The SMILES string of the molecule is CCC(O)C(C)C(=O)N1C[C@@H]2CCC[C@]2(CO)C1. The minimum Gasteiger partial charge on any atom is -0.396 e. The first-order chi connectivity index (χ1) is 8.54. The number of carbonyl (C=O) groups is 1. The third-order valence-electron chi connectivity index (χ3n) is 5.05. The second-order valence-electron chi connectivity index (χ2n) is 6.09. The zero-order valence-corrected chi connectivity index (χ0v) is 11.4. The molecule has 2 aliphatic rings. The number of rotatable bonds is 4. The summed E-state index contributed by atoms with van der Waals surface area (Å²) in [6.45, 7) is 5.32. The van der Waals surface area contributed by atoms with Gasteiger partial charge in [0.1, 0.15) is 0 Å². The number of hydrogen-bond acceptors (Lipinski definition) is 3. The van der Waals surface area contributed by atoms with E-state index >= 15 is 0 Å². The molecule has 0 spiro atoms. The van der Waals surface area contributed by atoms with Crippen molar-refractivity contribution in [2.45, 2.75) is 45.6 Å². The van der Waals surface area contributed by atoms with Crippen LogP contribution in [0.1, 0.15) is 39.5 Å². The maximum atomic E-state index is 12.3. The van der Waals surface area contributed by atoms with Crippen molar-refractivity contribution in [2.75, 3.05) is 19.7 Å². The first-order valence-corrected chi connectivity index (χ1v) is 7.12. The number of likely N-dealkylation sites (tertiary alicyclic amines) is 1. The number of aliphatic hydroxyl groups excluding tert-OH is 2. The molecule has 0 aromatic heterocycles. The summed E-state index contributed by atoms with van der Waals surface area (Å²) in [7, 11) is 0. The summed E-state index contributed by atoms with van der Waals surface area (Å²) in [6.07, 6.45) is 3.37. The summed E-state index contributed by atoms with van der Waals surface area (Å²) in [5.41, 5.74) is -0.0491. The van der Waals surface area contributed by atoms with Gasteiger partial charge in [0.2, 0.25) is 5.91 Å². The number of aliphatic hydroxyl groups is 2. The molecule has 1 aliphatic carbocycles. The average Bonchev–Trinajstić information content (AvgIpc) is 2.92. The van der Waals surface area contributed by atoms with Crippen LogP contribution in [0, 0.1) is 17.3 Å². The topological polar surface area (TPSA) is 60.8 Å². The molecule has 1 aliphatic heterocycles. The monoisotopic (exact) mass is 255 g/mol. The lowest BCUT2D eigenvalue weighted by atomic mass is 9.82. The summed E-state index contributed by atoms with van der Waals surface area (Å²) in [4.78, 5) is 14.2. The molecule has 104 valence electrons. The van der Waals surface area contributed by atoms with Gasteiger partial charge in [-0.05, 0) is 25.2 Å². The molecule has 2 rings (SSSR count). The van der Waals surface area contributed by atoms with Crippen molar-refractivity contribution >= 4 is 5.91 Å². The van der Waals surface area contributed by atoms with Gasteiger partial charge in [0, 0.05) is 18.5 Å². The Kier molecular flexibility index (Phi) is 3.97. The number of nitrogens with zero attached hydrogens (tertiary/aromatic N) is 1. The van der Waals surface area contributed by atoms with E-state index in [4.69, 9.17) is 0 Å². The molecule has 0 bridgehead atoms. The van der Waals surface area contributed by atoms with E-state index in [0.717, 1.165) is 19.4 Å². The number of carbonyl (C=O) groups excluding carboxylic acids is 1. The molecule has 18 heavy (non-hydrogen) atoms. The van der Waals surface area contributed by atoms with Crippen molar-refractivity contribution < 1.29 is 15.0 Å². The van der Waals surface area contributed by atoms with Gasteiger partial charge in [-0.2, -0.15) is 0 Å². The highest BCUT2D eigenvalue weighted by atomic mass is 16.3. The number of hydrogen-bond donors (Lipinski definition) is 2. The Morgan fingerprint density at radius 3 is 2.83 bits per heavy atom. The van der Waals surface area contributed by atoms with Crippen molar-refractivity contribution in [3.05, 3.63) is 0 Å². The van der Waals surface area contributed by atoms with Gasteiger partial charge in [0.05, 0.1) is 18.6 Å². The van der Waals surface area contributed by atoms with Crippen molar-refractivity contribution in [2.24, 2.45) is 17.3 Å². The highest BCUT2D eigenvalue weighted by Crippen LogP contribution is 2.48. The minimum absolute atomic E-state index is 0.0478. The van der Waals surface area contributed by atoms with Gasteiger partial charge < -0.3 is 15.1 Å². The van der Waals surface area contributed by atoms with Gasteiger partial charge in [0.15, 0.2) is 0 Å². The highest BCUT2D eigenvalue weighted by Gasteiger charge is 2.50. The predicted molar refractivity (Wildman–Crippen MR) is 68.9 cm³/mol. The van der Waals surface area contributed by atoms with Crippen LogP contribution < -0.4 is 0 Å². The van der Waals surface area contributed by atoms with Gasteiger partial charge in [-0.25, -0.2) is 0 Å². The molecule has 1 amide bonds. The summed E-state index contributed by atoms with van der Waals surface area (Å²) < 4.78 is 0. The maximum absolute atomic E-state index is 12.3. The largest absolute Gasteiger partial charge is 0.396 e. The molecular formula is C14H25NO3. The average molecular weight is 255 g/mol. The summed E-state index contributed by atoms with van der Waals surface area (Å²) >= 11 is 0. The Bertz CT molecular complexity index is 320. The van der Waals surface area contributed by atoms with Crippen LogP contribution in [0.4, 0.5) is 0 Å². The Morgan fingerprint density at radius 2 is 2.28 bits per heavy atom. The van der Waals surface area contributed by atoms with Crippen molar-refractivity contribution in [3.63, 3.8) is 0 Å². The van der Waals surface area contributed by atoms with Crippen LogP contribution in [0.5, 0.6) is 0 Å². The first kappa shape index (κ1) is 13.8. The molecule has 2 unspecified atom stereocenters. The zero-order valence-electron chi connectivity index (χ0n) is 11.4. The minimum atomic E-state index is -0.553. The fourth-order valence-electron chi connectivity index (χ4n) is 3.65. The van der Waals surface area contributed by atoms with Crippen LogP contribution in [0.3, 0.4) is 0 Å². The lowest BCUT2D eigenvalue weighted by Gasteiger charge is -2.27. The molecule has 4 atom stereocenters. The summed E-state index contributed by atoms with van der Waals surface area (Å²) in [6, 6.07) is 0. The van der Waals surface area contributed by atoms with E-state index in [1.807, 2.05) is 11.8 Å². The molecule has 0 aromatic rings. The van der Waals surface area contributed by atoms with E-state index in [-0.39, 0.29) is 23.8 Å². The van der Waals surface area contributed by atoms with Gasteiger partial charge in [-0.3, -0.25) is 4.79 Å². The molecule has 0 radical (unpaired) electrons. The first-order valence-electron chi connectivity index (χ1n) is 7.12. The quantitative estimate of drug-likeness (QED) is 0.788. The Labute approximate surface area is 109 Å². The fourth-order valence-corrected chi connectivity index (χ4v) is 3.65. The van der Waals surface area contributed by atoms with Crippen molar-refractivity contribution in [1.82, 2.24) is 4.90 Å². The van der Waals surface area contributed by atoms with Crippen LogP contribution >= 0.6 is 0 Å². The second kappa shape index (κ2) is 5.17. The third kappa shape index (κ3) is 2.16. The third-order valence-corrected chi connectivity index (χ3v) is 5.05. The van der Waals surface area contributed by atoms with E-state index < -0.39 is 6.10 Å². The van der Waals surface area contributed by atoms with Crippen molar-refractivity contribution in [1.29, 1.82) is 0 Å². The van der Waals surface area contributed by atoms with E-state index in [1.165, 1.54) is 6.42 Å². The van der Waals surface area contributed by atoms with Crippen LogP contribution in [0.2, 0.25) is 0 Å². The van der Waals surface area contributed by atoms with Gasteiger partial charge in [-0.1, -0.05) is 20.3 Å².